The number of hydrogen-bond donors (Lipinski definition) is 2. The predicted octanol–water partition coefficient (Wildman–Crippen LogP) is 2.10. The molecule has 0 spiro atoms. The van der Waals surface area contributed by atoms with Gasteiger partial charge in [-0.2, -0.15) is 5.10 Å². The van der Waals surface area contributed by atoms with E-state index in [0.717, 1.165) is 29.9 Å². The van der Waals surface area contributed by atoms with E-state index in [1.807, 2.05) is 44.3 Å². The Bertz CT molecular complexity index is 796. The minimum atomic E-state index is -0.734. The molecule has 152 valence electrons. The van der Waals surface area contributed by atoms with Crippen molar-refractivity contribution in [3.63, 3.8) is 0 Å². The van der Waals surface area contributed by atoms with Gasteiger partial charge in [-0.05, 0) is 57.0 Å². The Morgan fingerprint density at radius 3 is 2.43 bits per heavy atom. The molecular formula is C20H28ClN5O2. The van der Waals surface area contributed by atoms with Crippen molar-refractivity contribution in [2.45, 2.75) is 32.2 Å². The van der Waals surface area contributed by atoms with Crippen LogP contribution < -0.4 is 10.6 Å². The second kappa shape index (κ2) is 9.21. The minimum absolute atomic E-state index is 0. The fourth-order valence-electron chi connectivity index (χ4n) is 3.74. The number of likely N-dealkylation sites (N-methyl/N-ethyl adjacent to an activating group) is 1. The quantitative estimate of drug-likeness (QED) is 0.798. The van der Waals surface area contributed by atoms with Gasteiger partial charge in [0.2, 0.25) is 5.91 Å². The highest BCUT2D eigenvalue weighted by Crippen LogP contribution is 2.29. The standard InChI is InChI=1S/C20H27N5O2.ClH/c1-15-6-4-7-16(2)18(15)23-17(26)14-24(3)19(27)20(8-11-21-12-9-20)25-13-5-10-22-25;/h4-7,10,13,21H,8-9,11-12,14H2,1-3H3,(H,23,26);1H. The smallest absolute Gasteiger partial charge is 0.250 e. The molecule has 1 aromatic heterocycles. The third kappa shape index (κ3) is 4.36. The summed E-state index contributed by atoms with van der Waals surface area (Å²) in [5, 5.41) is 10.6. The number of halogens is 1. The number of amides is 2. The van der Waals surface area contributed by atoms with E-state index >= 15 is 0 Å². The Morgan fingerprint density at radius 1 is 1.21 bits per heavy atom. The van der Waals surface area contributed by atoms with Gasteiger partial charge in [0.15, 0.2) is 0 Å². The predicted molar refractivity (Wildman–Crippen MR) is 112 cm³/mol. The van der Waals surface area contributed by atoms with Gasteiger partial charge in [-0.1, -0.05) is 18.2 Å². The van der Waals surface area contributed by atoms with Gasteiger partial charge in [0.25, 0.3) is 5.91 Å². The normalized spacial score (nSPS) is 15.4. The van der Waals surface area contributed by atoms with Crippen molar-refractivity contribution in [2.24, 2.45) is 0 Å². The second-order valence-electron chi connectivity index (χ2n) is 7.21. The molecular weight excluding hydrogens is 378 g/mol. The molecule has 2 N–H and O–H groups in total. The number of piperidine rings is 1. The van der Waals surface area contributed by atoms with Crippen LogP contribution >= 0.6 is 12.4 Å². The zero-order valence-corrected chi connectivity index (χ0v) is 17.4. The molecule has 1 aliphatic rings. The number of aromatic nitrogens is 2. The van der Waals surface area contributed by atoms with Crippen LogP contribution in [0.1, 0.15) is 24.0 Å². The monoisotopic (exact) mass is 405 g/mol. The zero-order valence-electron chi connectivity index (χ0n) is 16.6. The second-order valence-corrected chi connectivity index (χ2v) is 7.21. The summed E-state index contributed by atoms with van der Waals surface area (Å²) in [4.78, 5) is 27.4. The van der Waals surface area contributed by atoms with E-state index in [-0.39, 0.29) is 30.8 Å². The summed E-state index contributed by atoms with van der Waals surface area (Å²) in [6.45, 7) is 5.41. The first-order chi connectivity index (χ1) is 12.9. The van der Waals surface area contributed by atoms with E-state index in [4.69, 9.17) is 0 Å². The van der Waals surface area contributed by atoms with Gasteiger partial charge in [-0.15, -0.1) is 12.4 Å². The van der Waals surface area contributed by atoms with Gasteiger partial charge in [-0.25, -0.2) is 0 Å². The fraction of sp³-hybridized carbons (Fsp3) is 0.450. The lowest BCUT2D eigenvalue weighted by Gasteiger charge is -2.39. The number of aryl methyl sites for hydroxylation is 2. The Kier molecular flexibility index (Phi) is 7.21. The van der Waals surface area contributed by atoms with Crippen molar-refractivity contribution >= 4 is 29.9 Å². The number of para-hydroxylation sites is 1. The lowest BCUT2D eigenvalue weighted by Crippen LogP contribution is -2.55. The van der Waals surface area contributed by atoms with Crippen LogP contribution in [0, 0.1) is 13.8 Å². The van der Waals surface area contributed by atoms with Gasteiger partial charge in [0.05, 0.1) is 6.54 Å². The number of anilines is 1. The first-order valence-corrected chi connectivity index (χ1v) is 9.26. The summed E-state index contributed by atoms with van der Waals surface area (Å²) in [5.74, 6) is -0.280. The summed E-state index contributed by atoms with van der Waals surface area (Å²) in [6.07, 6.45) is 4.81. The molecule has 2 aromatic rings. The van der Waals surface area contributed by atoms with E-state index in [9.17, 15) is 9.59 Å². The average molecular weight is 406 g/mol. The molecule has 2 amide bonds. The van der Waals surface area contributed by atoms with Crippen LogP contribution in [0.5, 0.6) is 0 Å². The van der Waals surface area contributed by atoms with Gasteiger partial charge in [0.1, 0.15) is 5.54 Å². The van der Waals surface area contributed by atoms with Crippen LogP contribution in [0.15, 0.2) is 36.7 Å². The van der Waals surface area contributed by atoms with Gasteiger partial charge < -0.3 is 15.5 Å². The fourth-order valence-corrected chi connectivity index (χ4v) is 3.74. The molecule has 7 nitrogen and oxygen atoms in total. The Labute approximate surface area is 171 Å². The average Bonchev–Trinajstić information content (AvgIpc) is 3.20. The molecule has 1 aromatic carbocycles. The first-order valence-electron chi connectivity index (χ1n) is 9.26. The number of hydrogen-bond acceptors (Lipinski definition) is 4. The number of rotatable bonds is 5. The molecule has 0 radical (unpaired) electrons. The molecule has 2 heterocycles. The molecule has 1 aliphatic heterocycles. The van der Waals surface area contributed by atoms with Crippen molar-refractivity contribution < 1.29 is 9.59 Å². The summed E-state index contributed by atoms with van der Waals surface area (Å²) in [7, 11) is 1.68. The lowest BCUT2D eigenvalue weighted by molar-refractivity contribution is -0.143. The Morgan fingerprint density at radius 2 is 1.86 bits per heavy atom. The molecule has 0 aliphatic carbocycles. The van der Waals surface area contributed by atoms with Gasteiger partial charge in [-0.3, -0.25) is 14.3 Å². The molecule has 0 bridgehead atoms. The Hall–Kier alpha value is -2.38. The maximum atomic E-state index is 13.3. The van der Waals surface area contributed by atoms with Crippen LogP contribution in [0.3, 0.4) is 0 Å². The molecule has 1 saturated heterocycles. The van der Waals surface area contributed by atoms with E-state index in [2.05, 4.69) is 15.7 Å². The third-order valence-corrected chi connectivity index (χ3v) is 5.24. The summed E-state index contributed by atoms with van der Waals surface area (Å²) in [6, 6.07) is 7.70. The molecule has 1 fully saturated rings. The largest absolute Gasteiger partial charge is 0.334 e. The maximum Gasteiger partial charge on any atom is 0.250 e. The van der Waals surface area contributed by atoms with E-state index in [1.165, 1.54) is 4.90 Å². The van der Waals surface area contributed by atoms with Crippen LogP contribution in [0.4, 0.5) is 5.69 Å². The van der Waals surface area contributed by atoms with E-state index < -0.39 is 5.54 Å². The topological polar surface area (TPSA) is 79.3 Å². The van der Waals surface area contributed by atoms with Crippen molar-refractivity contribution in [1.82, 2.24) is 20.0 Å². The molecule has 0 saturated carbocycles. The van der Waals surface area contributed by atoms with E-state index in [1.54, 1.807) is 17.9 Å². The lowest BCUT2D eigenvalue weighted by atomic mass is 9.87. The van der Waals surface area contributed by atoms with Crippen molar-refractivity contribution in [1.29, 1.82) is 0 Å². The molecule has 0 unspecified atom stereocenters. The van der Waals surface area contributed by atoms with Gasteiger partial charge in [0, 0.05) is 25.1 Å². The van der Waals surface area contributed by atoms with Crippen molar-refractivity contribution in [3.8, 4) is 0 Å². The summed E-state index contributed by atoms with van der Waals surface area (Å²) >= 11 is 0. The van der Waals surface area contributed by atoms with Crippen LogP contribution in [0.25, 0.3) is 0 Å². The Balaban J connectivity index is 0.00000280. The number of nitrogens with one attached hydrogen (secondary N) is 2. The third-order valence-electron chi connectivity index (χ3n) is 5.24. The van der Waals surface area contributed by atoms with Crippen molar-refractivity contribution in [2.75, 3.05) is 32.0 Å². The van der Waals surface area contributed by atoms with Crippen LogP contribution in [0.2, 0.25) is 0 Å². The SMILES string of the molecule is Cc1cccc(C)c1NC(=O)CN(C)C(=O)C1(n2cccn2)CCNCC1.Cl. The van der Waals surface area contributed by atoms with Crippen LogP contribution in [-0.2, 0) is 15.1 Å². The highest BCUT2D eigenvalue weighted by Gasteiger charge is 2.43. The highest BCUT2D eigenvalue weighted by molar-refractivity contribution is 5.96. The molecule has 28 heavy (non-hydrogen) atoms. The molecule has 0 atom stereocenters. The highest BCUT2D eigenvalue weighted by atomic mass is 35.5. The maximum absolute atomic E-state index is 13.3. The minimum Gasteiger partial charge on any atom is -0.334 e. The number of benzene rings is 1. The van der Waals surface area contributed by atoms with E-state index in [0.29, 0.717) is 12.8 Å². The van der Waals surface area contributed by atoms with Crippen molar-refractivity contribution in [3.05, 3.63) is 47.8 Å². The van der Waals surface area contributed by atoms with Crippen LogP contribution in [-0.4, -0.2) is 53.2 Å². The number of nitrogens with zero attached hydrogens (tertiary/aromatic N) is 3. The first kappa shape index (κ1) is 21.9. The summed E-state index contributed by atoms with van der Waals surface area (Å²) < 4.78 is 1.75. The molecule has 3 rings (SSSR count). The summed E-state index contributed by atoms with van der Waals surface area (Å²) in [5.41, 5.74) is 2.09. The zero-order chi connectivity index (χ0) is 19.4. The molecule has 8 heteroatoms. The number of carbonyl (C=O) groups excluding carboxylic acids is 2. The number of carbonyl (C=O) groups is 2. The van der Waals surface area contributed by atoms with Gasteiger partial charge >= 0.3 is 0 Å².